The van der Waals surface area contributed by atoms with E-state index in [-0.39, 0.29) is 6.61 Å². The van der Waals surface area contributed by atoms with Gasteiger partial charge in [-0.25, -0.2) is 0 Å². The summed E-state index contributed by atoms with van der Waals surface area (Å²) in [5.41, 5.74) is 0.712. The zero-order valence-corrected chi connectivity index (χ0v) is 10.1. The van der Waals surface area contributed by atoms with Gasteiger partial charge >= 0.3 is 0 Å². The van der Waals surface area contributed by atoms with Gasteiger partial charge in [0.05, 0.1) is 11.6 Å². The van der Waals surface area contributed by atoms with Crippen LogP contribution in [-0.2, 0) is 13.2 Å². The number of para-hydroxylation sites is 1. The highest BCUT2D eigenvalue weighted by Crippen LogP contribution is 2.29. The molecule has 1 heterocycles. The molecule has 0 atom stereocenters. The molecule has 1 N–H and O–H groups in total. The second kappa shape index (κ2) is 5.34. The molecule has 1 aromatic carbocycles. The fraction of sp³-hybridized carbons (Fsp3) is 0.167. The molecular weight excluding hydrogens is 244 g/mol. The van der Waals surface area contributed by atoms with Crippen molar-refractivity contribution in [3.8, 4) is 5.75 Å². The molecule has 0 spiro atoms. The van der Waals surface area contributed by atoms with E-state index in [1.54, 1.807) is 29.5 Å². The van der Waals surface area contributed by atoms with Crippen LogP contribution in [0.25, 0.3) is 0 Å². The summed E-state index contributed by atoms with van der Waals surface area (Å²) < 4.78 is 5.62. The number of aliphatic hydroxyl groups is 1. The van der Waals surface area contributed by atoms with Crippen LogP contribution in [0.1, 0.15) is 10.4 Å². The number of ether oxygens (including phenoxy) is 1. The van der Waals surface area contributed by atoms with Gasteiger partial charge in [0.1, 0.15) is 12.4 Å². The molecule has 0 aliphatic rings. The third kappa shape index (κ3) is 2.55. The van der Waals surface area contributed by atoms with Crippen LogP contribution >= 0.6 is 22.9 Å². The Morgan fingerprint density at radius 2 is 2.12 bits per heavy atom. The molecule has 0 bridgehead atoms. The molecule has 16 heavy (non-hydrogen) atoms. The molecule has 0 saturated carbocycles. The van der Waals surface area contributed by atoms with Gasteiger partial charge in [-0.15, -0.1) is 11.3 Å². The molecule has 84 valence electrons. The molecule has 4 heteroatoms. The first-order valence-electron chi connectivity index (χ1n) is 4.84. The van der Waals surface area contributed by atoms with Crippen molar-refractivity contribution in [2.24, 2.45) is 0 Å². The van der Waals surface area contributed by atoms with E-state index < -0.39 is 0 Å². The van der Waals surface area contributed by atoms with Crippen LogP contribution in [0, 0.1) is 0 Å². The lowest BCUT2D eigenvalue weighted by atomic mass is 10.2. The maximum atomic E-state index is 9.16. The number of thiophene rings is 1. The first-order valence-corrected chi connectivity index (χ1v) is 6.10. The standard InChI is InChI=1S/C12H11ClO2S/c13-11-5-1-3-9(7-14)12(11)15-8-10-4-2-6-16-10/h1-6,14H,7-8H2. The molecule has 2 aromatic rings. The van der Waals surface area contributed by atoms with E-state index in [1.807, 2.05) is 17.5 Å². The van der Waals surface area contributed by atoms with Gasteiger partial charge in [0.2, 0.25) is 0 Å². The van der Waals surface area contributed by atoms with E-state index >= 15 is 0 Å². The van der Waals surface area contributed by atoms with Crippen molar-refractivity contribution in [2.45, 2.75) is 13.2 Å². The average molecular weight is 255 g/mol. The molecule has 0 radical (unpaired) electrons. The third-order valence-corrected chi connectivity index (χ3v) is 3.31. The van der Waals surface area contributed by atoms with Crippen LogP contribution in [0.5, 0.6) is 5.75 Å². The molecule has 0 unspecified atom stereocenters. The Bertz CT molecular complexity index is 454. The van der Waals surface area contributed by atoms with E-state index in [9.17, 15) is 0 Å². The predicted octanol–water partition coefficient (Wildman–Crippen LogP) is 3.47. The Kier molecular flexibility index (Phi) is 3.83. The normalized spacial score (nSPS) is 10.4. The van der Waals surface area contributed by atoms with Gasteiger partial charge in [-0.2, -0.15) is 0 Å². The highest BCUT2D eigenvalue weighted by atomic mass is 35.5. The number of rotatable bonds is 4. The quantitative estimate of drug-likeness (QED) is 0.905. The van der Waals surface area contributed by atoms with Gasteiger partial charge in [-0.3, -0.25) is 0 Å². The first kappa shape index (κ1) is 11.5. The van der Waals surface area contributed by atoms with Gasteiger partial charge in [-0.05, 0) is 17.5 Å². The summed E-state index contributed by atoms with van der Waals surface area (Å²) in [4.78, 5) is 1.13. The van der Waals surface area contributed by atoms with Crippen LogP contribution in [0.2, 0.25) is 5.02 Å². The molecule has 0 amide bonds. The molecule has 0 aliphatic heterocycles. The highest BCUT2D eigenvalue weighted by Gasteiger charge is 2.07. The summed E-state index contributed by atoms with van der Waals surface area (Å²) in [6.07, 6.45) is 0. The van der Waals surface area contributed by atoms with E-state index in [1.165, 1.54) is 0 Å². The second-order valence-electron chi connectivity index (χ2n) is 3.25. The fourth-order valence-corrected chi connectivity index (χ4v) is 2.24. The summed E-state index contributed by atoms with van der Waals surface area (Å²) in [7, 11) is 0. The summed E-state index contributed by atoms with van der Waals surface area (Å²) in [6.45, 7) is 0.411. The minimum absolute atomic E-state index is 0.0691. The molecule has 0 aliphatic carbocycles. The van der Waals surface area contributed by atoms with Crippen molar-refractivity contribution >= 4 is 22.9 Å². The predicted molar refractivity (Wildman–Crippen MR) is 66.0 cm³/mol. The molecule has 2 nitrogen and oxygen atoms in total. The average Bonchev–Trinajstić information content (AvgIpc) is 2.80. The Morgan fingerprint density at radius 1 is 1.25 bits per heavy atom. The minimum Gasteiger partial charge on any atom is -0.486 e. The molecular formula is C12H11ClO2S. The van der Waals surface area contributed by atoms with E-state index in [4.69, 9.17) is 21.4 Å². The Hall–Kier alpha value is -1.03. The van der Waals surface area contributed by atoms with Crippen LogP contribution in [0.3, 0.4) is 0 Å². The van der Waals surface area contributed by atoms with Gasteiger partial charge in [0.15, 0.2) is 0 Å². The van der Waals surface area contributed by atoms with E-state index in [2.05, 4.69) is 0 Å². The minimum atomic E-state index is -0.0691. The highest BCUT2D eigenvalue weighted by molar-refractivity contribution is 7.09. The summed E-state index contributed by atoms with van der Waals surface area (Å²) in [6, 6.07) is 9.33. The topological polar surface area (TPSA) is 29.5 Å². The van der Waals surface area contributed by atoms with Crippen molar-refractivity contribution in [1.29, 1.82) is 0 Å². The van der Waals surface area contributed by atoms with E-state index in [0.29, 0.717) is 22.9 Å². The largest absolute Gasteiger partial charge is 0.486 e. The number of halogens is 1. The molecule has 0 saturated heterocycles. The van der Waals surface area contributed by atoms with Gasteiger partial charge in [0, 0.05) is 10.4 Å². The zero-order valence-electron chi connectivity index (χ0n) is 8.52. The monoisotopic (exact) mass is 254 g/mol. The van der Waals surface area contributed by atoms with Crippen molar-refractivity contribution in [1.82, 2.24) is 0 Å². The first-order chi connectivity index (χ1) is 7.81. The summed E-state index contributed by atoms with van der Waals surface area (Å²) >= 11 is 7.65. The maximum Gasteiger partial charge on any atom is 0.143 e. The lowest BCUT2D eigenvalue weighted by Gasteiger charge is -2.10. The van der Waals surface area contributed by atoms with Crippen molar-refractivity contribution in [2.75, 3.05) is 0 Å². The number of benzene rings is 1. The Labute approximate surface area is 103 Å². The van der Waals surface area contributed by atoms with Gasteiger partial charge in [0.25, 0.3) is 0 Å². The second-order valence-corrected chi connectivity index (χ2v) is 4.69. The molecule has 0 fully saturated rings. The van der Waals surface area contributed by atoms with Crippen molar-refractivity contribution < 1.29 is 9.84 Å². The SMILES string of the molecule is OCc1cccc(Cl)c1OCc1cccs1. The third-order valence-electron chi connectivity index (χ3n) is 2.16. The van der Waals surface area contributed by atoms with Crippen molar-refractivity contribution in [3.05, 3.63) is 51.2 Å². The van der Waals surface area contributed by atoms with Gasteiger partial charge in [-0.1, -0.05) is 29.8 Å². The van der Waals surface area contributed by atoms with Crippen LogP contribution in [-0.4, -0.2) is 5.11 Å². The smallest absolute Gasteiger partial charge is 0.143 e. The van der Waals surface area contributed by atoms with Crippen molar-refractivity contribution in [3.63, 3.8) is 0 Å². The molecule has 1 aromatic heterocycles. The Balaban J connectivity index is 2.14. The maximum absolute atomic E-state index is 9.16. The Morgan fingerprint density at radius 3 is 2.81 bits per heavy atom. The number of hydrogen-bond acceptors (Lipinski definition) is 3. The molecule has 2 rings (SSSR count). The number of hydrogen-bond donors (Lipinski definition) is 1. The van der Waals surface area contributed by atoms with Crippen LogP contribution in [0.4, 0.5) is 0 Å². The fourth-order valence-electron chi connectivity index (χ4n) is 1.38. The zero-order chi connectivity index (χ0) is 11.4. The summed E-state index contributed by atoms with van der Waals surface area (Å²) in [5.74, 6) is 0.570. The van der Waals surface area contributed by atoms with Crippen LogP contribution in [0.15, 0.2) is 35.7 Å². The van der Waals surface area contributed by atoms with E-state index in [0.717, 1.165) is 4.88 Å². The van der Waals surface area contributed by atoms with Crippen LogP contribution < -0.4 is 4.74 Å². The summed E-state index contributed by atoms with van der Waals surface area (Å²) in [5, 5.41) is 11.7. The van der Waals surface area contributed by atoms with Gasteiger partial charge < -0.3 is 9.84 Å². The lowest BCUT2D eigenvalue weighted by molar-refractivity contribution is 0.260. The number of aliphatic hydroxyl groups excluding tert-OH is 1. The lowest BCUT2D eigenvalue weighted by Crippen LogP contribution is -1.97.